The van der Waals surface area contributed by atoms with E-state index in [2.05, 4.69) is 0 Å². The van der Waals surface area contributed by atoms with Crippen LogP contribution in [0.4, 0.5) is 0 Å². The number of sulfonamides is 1. The third-order valence-corrected chi connectivity index (χ3v) is 5.23. The Morgan fingerprint density at radius 1 is 1.35 bits per heavy atom. The van der Waals surface area contributed by atoms with Gasteiger partial charge in [-0.25, -0.2) is 13.2 Å². The molecular weight excluding hydrogens is 284 g/mol. The van der Waals surface area contributed by atoms with Crippen LogP contribution in [0.3, 0.4) is 0 Å². The molecule has 1 heterocycles. The maximum atomic E-state index is 12.4. The molecule has 0 bridgehead atoms. The lowest BCUT2D eigenvalue weighted by Crippen LogP contribution is -2.44. The molecule has 0 aliphatic carbocycles. The molecular formula is C11H20N4O4S. The average molecular weight is 304 g/mol. The van der Waals surface area contributed by atoms with E-state index in [-0.39, 0.29) is 6.04 Å². The Balaban J connectivity index is 3.45. The maximum Gasteiger partial charge on any atom is 0.330 e. The molecule has 0 aromatic carbocycles. The molecule has 0 fully saturated rings. The lowest BCUT2D eigenvalue weighted by Gasteiger charge is -2.23. The van der Waals surface area contributed by atoms with Gasteiger partial charge < -0.3 is 10.3 Å². The van der Waals surface area contributed by atoms with Crippen molar-refractivity contribution in [3.63, 3.8) is 0 Å². The summed E-state index contributed by atoms with van der Waals surface area (Å²) in [5, 5.41) is 0. The van der Waals surface area contributed by atoms with Crippen molar-refractivity contribution in [3.05, 3.63) is 27.0 Å². The maximum absolute atomic E-state index is 12.4. The molecule has 114 valence electrons. The largest absolute Gasteiger partial charge is 0.330 e. The van der Waals surface area contributed by atoms with Gasteiger partial charge in [0.1, 0.15) is 0 Å². The summed E-state index contributed by atoms with van der Waals surface area (Å²) in [4.78, 5) is 23.1. The normalized spacial score (nSPS) is 13.7. The summed E-state index contributed by atoms with van der Waals surface area (Å²) in [6.07, 6.45) is 1.52. The zero-order chi connectivity index (χ0) is 15.7. The highest BCUT2D eigenvalue weighted by Crippen LogP contribution is 2.13. The van der Waals surface area contributed by atoms with Crippen molar-refractivity contribution in [1.29, 1.82) is 0 Å². The van der Waals surface area contributed by atoms with E-state index < -0.39 is 26.2 Å². The quantitative estimate of drug-likeness (QED) is 0.708. The summed E-state index contributed by atoms with van der Waals surface area (Å²) in [7, 11) is 0.0570. The molecule has 20 heavy (non-hydrogen) atoms. The lowest BCUT2D eigenvalue weighted by atomic mass is 10.2. The van der Waals surface area contributed by atoms with Crippen LogP contribution in [0.5, 0.6) is 0 Å². The van der Waals surface area contributed by atoms with Crippen LogP contribution in [0.25, 0.3) is 0 Å². The summed E-state index contributed by atoms with van der Waals surface area (Å²) in [6, 6.07) is -0.341. The van der Waals surface area contributed by atoms with Crippen LogP contribution in [0, 0.1) is 0 Å². The molecule has 1 rings (SSSR count). The van der Waals surface area contributed by atoms with Crippen molar-refractivity contribution in [2.24, 2.45) is 19.8 Å². The zero-order valence-corrected chi connectivity index (χ0v) is 12.8. The van der Waals surface area contributed by atoms with Crippen LogP contribution >= 0.6 is 0 Å². The molecule has 0 spiro atoms. The molecule has 1 atom stereocenters. The minimum Gasteiger partial charge on any atom is -0.330 e. The second kappa shape index (κ2) is 5.90. The fourth-order valence-corrected chi connectivity index (χ4v) is 3.31. The lowest BCUT2D eigenvalue weighted by molar-refractivity contribution is 0.373. The number of nitrogens with two attached hydrogens (primary N) is 1. The molecule has 1 unspecified atom stereocenters. The van der Waals surface area contributed by atoms with Crippen molar-refractivity contribution in [1.82, 2.24) is 13.4 Å². The highest BCUT2D eigenvalue weighted by atomic mass is 32.2. The van der Waals surface area contributed by atoms with Gasteiger partial charge in [-0.1, -0.05) is 0 Å². The van der Waals surface area contributed by atoms with Crippen LogP contribution in [0.1, 0.15) is 13.3 Å². The van der Waals surface area contributed by atoms with Gasteiger partial charge in [0, 0.05) is 33.4 Å². The summed E-state index contributed by atoms with van der Waals surface area (Å²) < 4.78 is 27.8. The molecule has 1 aromatic rings. The predicted octanol–water partition coefficient (Wildman–Crippen LogP) is -1.56. The number of aryl methyl sites for hydroxylation is 1. The number of aromatic nitrogens is 2. The molecule has 0 saturated carbocycles. The van der Waals surface area contributed by atoms with Gasteiger partial charge in [0.05, 0.1) is 0 Å². The van der Waals surface area contributed by atoms with E-state index in [9.17, 15) is 18.0 Å². The van der Waals surface area contributed by atoms with Gasteiger partial charge in [-0.2, -0.15) is 4.31 Å². The fraction of sp³-hybridized carbons (Fsp3) is 0.636. The van der Waals surface area contributed by atoms with Gasteiger partial charge in [-0.05, 0) is 19.9 Å². The van der Waals surface area contributed by atoms with Crippen molar-refractivity contribution in [3.8, 4) is 0 Å². The molecule has 2 N–H and O–H groups in total. The van der Waals surface area contributed by atoms with Crippen molar-refractivity contribution < 1.29 is 8.42 Å². The van der Waals surface area contributed by atoms with Gasteiger partial charge >= 0.3 is 5.69 Å². The number of hydrogen-bond donors (Lipinski definition) is 1. The summed E-state index contributed by atoms with van der Waals surface area (Å²) in [5.41, 5.74) is 4.00. The fourth-order valence-electron chi connectivity index (χ4n) is 1.77. The Hall–Kier alpha value is -1.45. The minimum absolute atomic E-state index is 0.340. The van der Waals surface area contributed by atoms with Crippen LogP contribution in [0.2, 0.25) is 0 Å². The van der Waals surface area contributed by atoms with E-state index in [1.807, 2.05) is 0 Å². The van der Waals surface area contributed by atoms with Gasteiger partial charge in [0.15, 0.2) is 4.90 Å². The summed E-state index contributed by atoms with van der Waals surface area (Å²) >= 11 is 0. The second-order valence-corrected chi connectivity index (χ2v) is 6.66. The third-order valence-electron chi connectivity index (χ3n) is 3.28. The van der Waals surface area contributed by atoms with E-state index >= 15 is 0 Å². The Labute approximate surface area is 117 Å². The molecule has 0 saturated heterocycles. The van der Waals surface area contributed by atoms with Crippen molar-refractivity contribution >= 4 is 10.0 Å². The second-order valence-electron chi connectivity index (χ2n) is 4.70. The van der Waals surface area contributed by atoms with Gasteiger partial charge in [-0.15, -0.1) is 0 Å². The highest BCUT2D eigenvalue weighted by molar-refractivity contribution is 7.89. The first-order valence-corrected chi connectivity index (χ1v) is 7.53. The number of hydrogen-bond acceptors (Lipinski definition) is 5. The zero-order valence-electron chi connectivity index (χ0n) is 12.0. The topological polar surface area (TPSA) is 107 Å². The van der Waals surface area contributed by atoms with Gasteiger partial charge in [-0.3, -0.25) is 9.36 Å². The van der Waals surface area contributed by atoms with Gasteiger partial charge in [0.25, 0.3) is 5.56 Å². The van der Waals surface area contributed by atoms with E-state index in [0.717, 1.165) is 19.6 Å². The first kappa shape index (κ1) is 16.6. The van der Waals surface area contributed by atoms with Crippen molar-refractivity contribution in [2.45, 2.75) is 24.3 Å². The SMILES string of the molecule is CC(CCN)N(C)S(=O)(=O)c1cn(C)c(=O)n(C)c1=O. The Morgan fingerprint density at radius 2 is 1.90 bits per heavy atom. The monoisotopic (exact) mass is 304 g/mol. The molecule has 9 heteroatoms. The summed E-state index contributed by atoms with van der Waals surface area (Å²) in [6.45, 7) is 2.04. The third kappa shape index (κ3) is 2.84. The van der Waals surface area contributed by atoms with Crippen LogP contribution in [0.15, 0.2) is 20.7 Å². The van der Waals surface area contributed by atoms with Crippen LogP contribution < -0.4 is 17.0 Å². The molecule has 0 aliphatic heterocycles. The standard InChI is InChI=1S/C11H20N4O4S/c1-8(5-6-12)15(4)20(18,19)9-7-13(2)11(17)14(3)10(9)16/h7-8H,5-6,12H2,1-4H3. The van der Waals surface area contributed by atoms with Crippen LogP contribution in [-0.4, -0.2) is 41.5 Å². The Kier molecular flexibility index (Phi) is 4.90. The van der Waals surface area contributed by atoms with Crippen molar-refractivity contribution in [2.75, 3.05) is 13.6 Å². The van der Waals surface area contributed by atoms with E-state index in [0.29, 0.717) is 13.0 Å². The predicted molar refractivity (Wildman–Crippen MR) is 75.0 cm³/mol. The molecule has 0 amide bonds. The first-order chi connectivity index (χ1) is 9.14. The number of rotatable bonds is 5. The van der Waals surface area contributed by atoms with Gasteiger partial charge in [0.2, 0.25) is 10.0 Å². The highest BCUT2D eigenvalue weighted by Gasteiger charge is 2.29. The molecule has 8 nitrogen and oxygen atoms in total. The van der Waals surface area contributed by atoms with E-state index in [1.54, 1.807) is 6.92 Å². The minimum atomic E-state index is -3.97. The number of nitrogens with zero attached hydrogens (tertiary/aromatic N) is 3. The first-order valence-electron chi connectivity index (χ1n) is 6.09. The molecule has 0 aliphatic rings. The molecule has 1 aromatic heterocycles. The van der Waals surface area contributed by atoms with Crippen LogP contribution in [-0.2, 0) is 24.1 Å². The molecule has 0 radical (unpaired) electrons. The van der Waals surface area contributed by atoms with E-state index in [1.165, 1.54) is 21.1 Å². The Morgan fingerprint density at radius 3 is 2.40 bits per heavy atom. The Bertz CT molecular complexity index is 704. The average Bonchev–Trinajstić information content (AvgIpc) is 2.39. The summed E-state index contributed by atoms with van der Waals surface area (Å²) in [5.74, 6) is 0. The smallest absolute Gasteiger partial charge is 0.330 e. The van der Waals surface area contributed by atoms with E-state index in [4.69, 9.17) is 5.73 Å².